The SMILES string of the molecule is Cc1cc(Cl)ccc1OC(C)C(=O)N(CC(=O)O)C(C)C. The molecule has 0 aliphatic carbocycles. The second-order valence-electron chi connectivity index (χ2n) is 5.12. The van der Waals surface area contributed by atoms with Crippen LogP contribution >= 0.6 is 11.6 Å². The van der Waals surface area contributed by atoms with E-state index in [1.807, 2.05) is 6.92 Å². The van der Waals surface area contributed by atoms with Crippen molar-refractivity contribution in [3.8, 4) is 5.75 Å². The van der Waals surface area contributed by atoms with Crippen LogP contribution in [0.4, 0.5) is 0 Å². The molecular weight excluding hydrogens is 294 g/mol. The molecule has 0 spiro atoms. The third kappa shape index (κ3) is 4.93. The van der Waals surface area contributed by atoms with E-state index in [4.69, 9.17) is 21.4 Å². The number of rotatable bonds is 6. The van der Waals surface area contributed by atoms with Crippen molar-refractivity contribution in [2.75, 3.05) is 6.54 Å². The van der Waals surface area contributed by atoms with Crippen LogP contribution in [0.5, 0.6) is 5.75 Å². The van der Waals surface area contributed by atoms with Gasteiger partial charge in [-0.15, -0.1) is 0 Å². The van der Waals surface area contributed by atoms with Gasteiger partial charge in [0.2, 0.25) is 0 Å². The fourth-order valence-corrected chi connectivity index (χ4v) is 2.11. The average molecular weight is 314 g/mol. The van der Waals surface area contributed by atoms with E-state index in [-0.39, 0.29) is 18.5 Å². The number of aryl methyl sites for hydroxylation is 1. The van der Waals surface area contributed by atoms with Gasteiger partial charge in [-0.05, 0) is 51.5 Å². The van der Waals surface area contributed by atoms with E-state index in [1.165, 1.54) is 4.90 Å². The molecule has 1 atom stereocenters. The van der Waals surface area contributed by atoms with E-state index >= 15 is 0 Å². The first-order valence-electron chi connectivity index (χ1n) is 6.67. The Morgan fingerprint density at radius 2 is 1.95 bits per heavy atom. The largest absolute Gasteiger partial charge is 0.481 e. The van der Waals surface area contributed by atoms with Crippen LogP contribution in [0.3, 0.4) is 0 Å². The van der Waals surface area contributed by atoms with Gasteiger partial charge in [0, 0.05) is 11.1 Å². The Morgan fingerprint density at radius 1 is 1.33 bits per heavy atom. The third-order valence-corrected chi connectivity index (χ3v) is 3.24. The van der Waals surface area contributed by atoms with Gasteiger partial charge in [0.25, 0.3) is 5.91 Å². The predicted molar refractivity (Wildman–Crippen MR) is 80.8 cm³/mol. The maximum atomic E-state index is 12.3. The minimum absolute atomic E-state index is 0.217. The molecule has 1 aromatic rings. The minimum Gasteiger partial charge on any atom is -0.481 e. The summed E-state index contributed by atoms with van der Waals surface area (Å²) >= 11 is 5.87. The smallest absolute Gasteiger partial charge is 0.323 e. The number of halogens is 1. The number of ether oxygens (including phenoxy) is 1. The van der Waals surface area contributed by atoms with E-state index in [0.717, 1.165) is 5.56 Å². The molecule has 0 radical (unpaired) electrons. The molecule has 5 nitrogen and oxygen atoms in total. The molecule has 116 valence electrons. The summed E-state index contributed by atoms with van der Waals surface area (Å²) < 4.78 is 5.63. The first kappa shape index (κ1) is 17.3. The number of carboxylic acid groups (broad SMARTS) is 1. The number of aliphatic carboxylic acids is 1. The Bertz CT molecular complexity index is 530. The normalized spacial score (nSPS) is 12.1. The van der Waals surface area contributed by atoms with Crippen LogP contribution in [0, 0.1) is 6.92 Å². The molecule has 0 fully saturated rings. The van der Waals surface area contributed by atoms with Gasteiger partial charge in [-0.2, -0.15) is 0 Å². The highest BCUT2D eigenvalue weighted by molar-refractivity contribution is 6.30. The van der Waals surface area contributed by atoms with E-state index in [1.54, 1.807) is 39.0 Å². The van der Waals surface area contributed by atoms with Crippen LogP contribution in [-0.4, -0.2) is 40.6 Å². The monoisotopic (exact) mass is 313 g/mol. The summed E-state index contributed by atoms with van der Waals surface area (Å²) in [7, 11) is 0. The predicted octanol–water partition coefficient (Wildman–Crippen LogP) is 2.74. The van der Waals surface area contributed by atoms with Crippen molar-refractivity contribution in [2.45, 2.75) is 39.8 Å². The Balaban J connectivity index is 2.83. The number of nitrogens with zero attached hydrogens (tertiary/aromatic N) is 1. The van der Waals surface area contributed by atoms with E-state index in [2.05, 4.69) is 0 Å². The van der Waals surface area contributed by atoms with Crippen LogP contribution in [0.1, 0.15) is 26.3 Å². The van der Waals surface area contributed by atoms with Gasteiger partial charge in [0.05, 0.1) is 0 Å². The van der Waals surface area contributed by atoms with Crippen molar-refractivity contribution < 1.29 is 19.4 Å². The van der Waals surface area contributed by atoms with Crippen molar-refractivity contribution in [3.63, 3.8) is 0 Å². The molecule has 21 heavy (non-hydrogen) atoms. The molecule has 0 aliphatic rings. The summed E-state index contributed by atoms with van der Waals surface area (Å²) in [4.78, 5) is 24.4. The molecule has 0 heterocycles. The molecule has 1 amide bonds. The molecule has 0 saturated heterocycles. The molecule has 0 aliphatic heterocycles. The lowest BCUT2D eigenvalue weighted by Gasteiger charge is -2.28. The number of carboxylic acids is 1. The summed E-state index contributed by atoms with van der Waals surface area (Å²) in [5, 5.41) is 9.47. The van der Waals surface area contributed by atoms with Crippen LogP contribution in [-0.2, 0) is 9.59 Å². The lowest BCUT2D eigenvalue weighted by Crippen LogP contribution is -2.46. The van der Waals surface area contributed by atoms with Crippen LogP contribution < -0.4 is 4.74 Å². The van der Waals surface area contributed by atoms with Crippen molar-refractivity contribution in [1.82, 2.24) is 4.90 Å². The van der Waals surface area contributed by atoms with E-state index < -0.39 is 12.1 Å². The highest BCUT2D eigenvalue weighted by atomic mass is 35.5. The highest BCUT2D eigenvalue weighted by Crippen LogP contribution is 2.23. The summed E-state index contributed by atoms with van der Waals surface area (Å²) in [5.74, 6) is -0.854. The zero-order valence-corrected chi connectivity index (χ0v) is 13.3. The second-order valence-corrected chi connectivity index (χ2v) is 5.56. The molecule has 1 N–H and O–H groups in total. The number of hydrogen-bond acceptors (Lipinski definition) is 3. The van der Waals surface area contributed by atoms with Gasteiger partial charge in [-0.3, -0.25) is 9.59 Å². The summed E-state index contributed by atoms with van der Waals surface area (Å²) in [5.41, 5.74) is 0.816. The molecule has 1 rings (SSSR count). The first-order valence-corrected chi connectivity index (χ1v) is 7.05. The Hall–Kier alpha value is -1.75. The first-order chi connectivity index (χ1) is 9.72. The van der Waals surface area contributed by atoms with E-state index in [0.29, 0.717) is 10.8 Å². The fraction of sp³-hybridized carbons (Fsp3) is 0.467. The van der Waals surface area contributed by atoms with Crippen molar-refractivity contribution in [2.24, 2.45) is 0 Å². The topological polar surface area (TPSA) is 66.8 Å². The lowest BCUT2D eigenvalue weighted by atomic mass is 10.2. The molecule has 0 bridgehead atoms. The van der Waals surface area contributed by atoms with Crippen molar-refractivity contribution >= 4 is 23.5 Å². The van der Waals surface area contributed by atoms with Crippen LogP contribution in [0.2, 0.25) is 5.02 Å². The molecule has 0 aromatic heterocycles. The maximum absolute atomic E-state index is 12.3. The quantitative estimate of drug-likeness (QED) is 0.877. The summed E-state index contributed by atoms with van der Waals surface area (Å²) in [6.07, 6.45) is -0.772. The number of amides is 1. The molecule has 6 heteroatoms. The number of benzene rings is 1. The maximum Gasteiger partial charge on any atom is 0.323 e. The fourth-order valence-electron chi connectivity index (χ4n) is 1.88. The third-order valence-electron chi connectivity index (χ3n) is 3.00. The van der Waals surface area contributed by atoms with Gasteiger partial charge < -0.3 is 14.7 Å². The van der Waals surface area contributed by atoms with Gasteiger partial charge in [-0.1, -0.05) is 11.6 Å². The molecule has 0 saturated carbocycles. The second kappa shape index (κ2) is 7.31. The Labute approximate surface area is 129 Å². The standard InChI is InChI=1S/C15H20ClNO4/c1-9(2)17(8-14(18)19)15(20)11(4)21-13-6-5-12(16)7-10(13)3/h5-7,9,11H,8H2,1-4H3,(H,18,19). The molecular formula is C15H20ClNO4. The van der Waals surface area contributed by atoms with Crippen molar-refractivity contribution in [1.29, 1.82) is 0 Å². The van der Waals surface area contributed by atoms with Crippen LogP contribution in [0.15, 0.2) is 18.2 Å². The average Bonchev–Trinajstić information content (AvgIpc) is 2.37. The highest BCUT2D eigenvalue weighted by Gasteiger charge is 2.26. The Kier molecular flexibility index (Phi) is 6.03. The van der Waals surface area contributed by atoms with Gasteiger partial charge in [0.15, 0.2) is 6.10 Å². The lowest BCUT2D eigenvalue weighted by molar-refractivity contribution is -0.149. The Morgan fingerprint density at radius 3 is 2.43 bits per heavy atom. The van der Waals surface area contributed by atoms with Gasteiger partial charge in [0.1, 0.15) is 12.3 Å². The van der Waals surface area contributed by atoms with Gasteiger partial charge >= 0.3 is 5.97 Å². The summed E-state index contributed by atoms with van der Waals surface area (Å²) in [6.45, 7) is 6.62. The molecule has 1 unspecified atom stereocenters. The minimum atomic E-state index is -1.05. The zero-order valence-electron chi connectivity index (χ0n) is 12.6. The van der Waals surface area contributed by atoms with Gasteiger partial charge in [-0.25, -0.2) is 0 Å². The number of hydrogen-bond donors (Lipinski definition) is 1. The van der Waals surface area contributed by atoms with Crippen molar-refractivity contribution in [3.05, 3.63) is 28.8 Å². The van der Waals surface area contributed by atoms with E-state index in [9.17, 15) is 9.59 Å². The van der Waals surface area contributed by atoms with Crippen LogP contribution in [0.25, 0.3) is 0 Å². The number of carbonyl (C=O) groups excluding carboxylic acids is 1. The number of carbonyl (C=O) groups is 2. The summed E-state index contributed by atoms with van der Waals surface area (Å²) in [6, 6.07) is 4.90. The molecule has 1 aromatic carbocycles. The zero-order chi connectivity index (χ0) is 16.2.